The van der Waals surface area contributed by atoms with E-state index in [0.29, 0.717) is 0 Å². The molecule has 0 heterocycles. The Kier molecular flexibility index (Phi) is 4.32. The summed E-state index contributed by atoms with van der Waals surface area (Å²) in [5, 5.41) is 15.7. The number of hydrogen-bond donors (Lipinski definition) is 2. The van der Waals surface area contributed by atoms with Gasteiger partial charge in [0.2, 0.25) is 5.76 Å². The lowest BCUT2D eigenvalue weighted by Gasteiger charge is -2.10. The largest absolute Gasteiger partial charge is 0.504 e. The van der Waals surface area contributed by atoms with Crippen LogP contribution >= 0.6 is 0 Å². The van der Waals surface area contributed by atoms with E-state index in [1.165, 1.54) is 6.92 Å². The number of aliphatic hydroxyl groups is 1. The number of alkyl halides is 3. The van der Waals surface area contributed by atoms with Crippen LogP contribution in [0.5, 0.6) is 0 Å². The number of aliphatic hydroxyl groups excluding tert-OH is 1. The van der Waals surface area contributed by atoms with Crippen molar-refractivity contribution < 1.29 is 27.8 Å². The summed E-state index contributed by atoms with van der Waals surface area (Å²) in [6.45, 7) is 2.22. The lowest BCUT2D eigenvalue weighted by Crippen LogP contribution is -2.23. The summed E-state index contributed by atoms with van der Waals surface area (Å²) in [7, 11) is 0. The summed E-state index contributed by atoms with van der Waals surface area (Å²) in [6.07, 6.45) is -5.07. The molecule has 0 amide bonds. The summed E-state index contributed by atoms with van der Waals surface area (Å²) >= 11 is 0. The van der Waals surface area contributed by atoms with Crippen molar-refractivity contribution in [3.63, 3.8) is 0 Å². The zero-order chi connectivity index (χ0) is 12.2. The Balaban J connectivity index is 5.31. The van der Waals surface area contributed by atoms with Crippen LogP contribution in [-0.2, 0) is 9.53 Å². The van der Waals surface area contributed by atoms with Gasteiger partial charge in [0, 0.05) is 5.71 Å². The highest BCUT2D eigenvalue weighted by atomic mass is 19.4. The number of carbonyl (C=O) groups excluding carboxylic acids is 1. The minimum atomic E-state index is -5.07. The molecule has 15 heavy (non-hydrogen) atoms. The van der Waals surface area contributed by atoms with E-state index in [-0.39, 0.29) is 6.61 Å². The smallest absolute Gasteiger partial charge is 0.449 e. The molecule has 7 heteroatoms. The first-order valence-electron chi connectivity index (χ1n) is 3.94. The molecule has 0 fully saturated rings. The van der Waals surface area contributed by atoms with Crippen LogP contribution in [-0.4, -0.2) is 29.6 Å². The Hall–Kier alpha value is -1.53. The quantitative estimate of drug-likeness (QED) is 0.334. The van der Waals surface area contributed by atoms with Crippen molar-refractivity contribution in [3.05, 3.63) is 11.3 Å². The summed E-state index contributed by atoms with van der Waals surface area (Å²) in [6, 6.07) is 0. The summed E-state index contributed by atoms with van der Waals surface area (Å²) < 4.78 is 40.4. The van der Waals surface area contributed by atoms with Crippen LogP contribution in [0.25, 0.3) is 0 Å². The van der Waals surface area contributed by atoms with Gasteiger partial charge in [-0.1, -0.05) is 0 Å². The van der Waals surface area contributed by atoms with Crippen molar-refractivity contribution in [1.29, 1.82) is 5.41 Å². The predicted molar refractivity (Wildman–Crippen MR) is 45.7 cm³/mol. The molecule has 0 rings (SSSR count). The van der Waals surface area contributed by atoms with E-state index in [0.717, 1.165) is 6.92 Å². The highest BCUT2D eigenvalue weighted by Gasteiger charge is 2.39. The average Bonchev–Trinajstić information content (AvgIpc) is 2.02. The number of rotatable bonds is 3. The van der Waals surface area contributed by atoms with Crippen molar-refractivity contribution in [2.75, 3.05) is 6.61 Å². The monoisotopic (exact) mass is 225 g/mol. The molecule has 0 aliphatic heterocycles. The molecule has 0 saturated heterocycles. The Morgan fingerprint density at radius 1 is 1.47 bits per heavy atom. The molecule has 0 saturated carbocycles. The lowest BCUT2D eigenvalue weighted by molar-refractivity contribution is -0.141. The van der Waals surface area contributed by atoms with E-state index in [2.05, 4.69) is 4.74 Å². The number of ether oxygens (including phenoxy) is 1. The van der Waals surface area contributed by atoms with E-state index < -0.39 is 29.2 Å². The predicted octanol–water partition coefficient (Wildman–Crippen LogP) is 1.96. The fourth-order valence-electron chi connectivity index (χ4n) is 0.772. The fraction of sp³-hybridized carbons (Fsp3) is 0.500. The molecule has 0 aliphatic carbocycles. The molecule has 0 radical (unpaired) electrons. The third kappa shape index (κ3) is 3.61. The first-order chi connectivity index (χ1) is 6.71. The van der Waals surface area contributed by atoms with Crippen LogP contribution in [0.15, 0.2) is 11.3 Å². The van der Waals surface area contributed by atoms with Gasteiger partial charge < -0.3 is 15.3 Å². The lowest BCUT2D eigenvalue weighted by atomic mass is 10.1. The number of hydrogen-bond acceptors (Lipinski definition) is 4. The number of carbonyl (C=O) groups is 1. The highest BCUT2D eigenvalue weighted by Crippen LogP contribution is 2.26. The molecule has 0 spiro atoms. The van der Waals surface area contributed by atoms with Gasteiger partial charge in [0.05, 0.1) is 6.61 Å². The zero-order valence-electron chi connectivity index (χ0n) is 8.10. The maximum absolute atomic E-state index is 12.0. The molecule has 0 unspecified atom stereocenters. The minimum Gasteiger partial charge on any atom is -0.504 e. The third-order valence-corrected chi connectivity index (χ3v) is 1.36. The second kappa shape index (κ2) is 4.81. The van der Waals surface area contributed by atoms with Crippen LogP contribution < -0.4 is 0 Å². The van der Waals surface area contributed by atoms with E-state index in [9.17, 15) is 18.0 Å². The van der Waals surface area contributed by atoms with E-state index >= 15 is 0 Å². The topological polar surface area (TPSA) is 70.4 Å². The summed E-state index contributed by atoms with van der Waals surface area (Å²) in [5.74, 6) is -3.46. The second-order valence-electron chi connectivity index (χ2n) is 2.57. The normalized spacial score (nSPS) is 13.1. The van der Waals surface area contributed by atoms with Crippen molar-refractivity contribution in [2.45, 2.75) is 20.0 Å². The molecule has 86 valence electrons. The van der Waals surface area contributed by atoms with E-state index in [1.807, 2.05) is 0 Å². The van der Waals surface area contributed by atoms with Crippen molar-refractivity contribution in [2.24, 2.45) is 0 Å². The van der Waals surface area contributed by atoms with Crippen LogP contribution in [0.2, 0.25) is 0 Å². The standard InChI is InChI=1S/C8H10F3NO3/c1-3-15-7(14)5(4(2)12)6(13)8(9,10)11/h12-13H,3H2,1-2H3/b6-5-,12-4?. The van der Waals surface area contributed by atoms with E-state index in [1.54, 1.807) is 0 Å². The summed E-state index contributed by atoms with van der Waals surface area (Å²) in [5.41, 5.74) is -1.87. The molecule has 0 aliphatic rings. The second-order valence-corrected chi connectivity index (χ2v) is 2.57. The van der Waals surface area contributed by atoms with Gasteiger partial charge in [-0.15, -0.1) is 0 Å². The van der Waals surface area contributed by atoms with Crippen LogP contribution in [0.3, 0.4) is 0 Å². The van der Waals surface area contributed by atoms with Gasteiger partial charge in [-0.05, 0) is 13.8 Å². The molecule has 2 N–H and O–H groups in total. The highest BCUT2D eigenvalue weighted by molar-refractivity contribution is 6.18. The van der Waals surface area contributed by atoms with Crippen LogP contribution in [0, 0.1) is 5.41 Å². The Labute approximate surface area is 83.9 Å². The fourth-order valence-corrected chi connectivity index (χ4v) is 0.772. The number of halogens is 3. The Morgan fingerprint density at radius 3 is 2.20 bits per heavy atom. The number of allylic oxidation sites excluding steroid dienone is 1. The third-order valence-electron chi connectivity index (χ3n) is 1.36. The van der Waals surface area contributed by atoms with E-state index in [4.69, 9.17) is 10.5 Å². The number of nitrogens with one attached hydrogen (secondary N) is 1. The Bertz CT molecular complexity index is 307. The zero-order valence-corrected chi connectivity index (χ0v) is 8.10. The summed E-state index contributed by atoms with van der Waals surface area (Å²) in [4.78, 5) is 11.0. The maximum atomic E-state index is 12.0. The van der Waals surface area contributed by atoms with Gasteiger partial charge in [-0.3, -0.25) is 0 Å². The molecule has 0 aromatic rings. The molecule has 0 bridgehead atoms. The Morgan fingerprint density at radius 2 is 1.93 bits per heavy atom. The van der Waals surface area contributed by atoms with Crippen molar-refractivity contribution in [3.8, 4) is 0 Å². The van der Waals surface area contributed by atoms with Crippen molar-refractivity contribution in [1.82, 2.24) is 0 Å². The SMILES string of the molecule is CCOC(=O)/C(C(C)=N)=C(\O)C(F)(F)F. The van der Waals surface area contributed by atoms with Gasteiger partial charge >= 0.3 is 12.1 Å². The van der Waals surface area contributed by atoms with Gasteiger partial charge in [-0.2, -0.15) is 13.2 Å². The molecular weight excluding hydrogens is 215 g/mol. The maximum Gasteiger partial charge on any atom is 0.449 e. The average molecular weight is 225 g/mol. The van der Waals surface area contributed by atoms with Crippen LogP contribution in [0.1, 0.15) is 13.8 Å². The van der Waals surface area contributed by atoms with Crippen LogP contribution in [0.4, 0.5) is 13.2 Å². The first-order valence-corrected chi connectivity index (χ1v) is 3.94. The molecule has 0 atom stereocenters. The molecular formula is C8H10F3NO3. The number of esters is 1. The molecule has 4 nitrogen and oxygen atoms in total. The first kappa shape index (κ1) is 13.5. The van der Waals surface area contributed by atoms with Gasteiger partial charge in [0.15, 0.2) is 0 Å². The minimum absolute atomic E-state index is 0.138. The van der Waals surface area contributed by atoms with Gasteiger partial charge in [-0.25, -0.2) is 4.79 Å². The van der Waals surface area contributed by atoms with Crippen molar-refractivity contribution >= 4 is 11.7 Å². The molecule has 0 aromatic carbocycles. The van der Waals surface area contributed by atoms with Gasteiger partial charge in [0.25, 0.3) is 0 Å². The van der Waals surface area contributed by atoms with Gasteiger partial charge in [0.1, 0.15) is 5.57 Å². The molecule has 0 aromatic heterocycles.